The van der Waals surface area contributed by atoms with Gasteiger partial charge in [0.2, 0.25) is 0 Å². The summed E-state index contributed by atoms with van der Waals surface area (Å²) in [5.41, 5.74) is 0.620. The zero-order valence-corrected chi connectivity index (χ0v) is 16.9. The fourth-order valence-electron chi connectivity index (χ4n) is 2.86. The number of benzene rings is 1. The van der Waals surface area contributed by atoms with Crippen LogP contribution in [0.25, 0.3) is 0 Å². The first-order chi connectivity index (χ1) is 11.7. The second-order valence-electron chi connectivity index (χ2n) is 6.56. The molecule has 1 unspecified atom stereocenters. The maximum atomic E-state index is 12.2. The molecule has 136 valence electrons. The van der Waals surface area contributed by atoms with E-state index < -0.39 is 0 Å². The highest BCUT2D eigenvalue weighted by Gasteiger charge is 2.14. The molecule has 0 saturated heterocycles. The maximum Gasteiger partial charge on any atom is 0.338 e. The minimum Gasteiger partial charge on any atom is -0.459 e. The van der Waals surface area contributed by atoms with Crippen molar-refractivity contribution in [1.29, 1.82) is 0 Å². The molecule has 0 spiro atoms. The van der Waals surface area contributed by atoms with Crippen LogP contribution < -0.4 is 0 Å². The van der Waals surface area contributed by atoms with E-state index in [0.29, 0.717) is 5.56 Å². The molecular weight excluding hydrogens is 364 g/mol. The lowest BCUT2D eigenvalue weighted by Gasteiger charge is -2.16. The summed E-state index contributed by atoms with van der Waals surface area (Å²) >= 11 is 3.39. The van der Waals surface area contributed by atoms with Crippen LogP contribution in [0.2, 0.25) is 0 Å². The Hall–Kier alpha value is -0.830. The predicted octanol–water partition coefficient (Wildman–Crippen LogP) is 7.31. The number of unbranched alkanes of at least 4 members (excludes halogenated alkanes) is 8. The monoisotopic (exact) mass is 396 g/mol. The molecule has 0 bridgehead atoms. The molecule has 0 radical (unpaired) electrons. The quantitative estimate of drug-likeness (QED) is 0.258. The Kier molecular flexibility index (Phi) is 11.9. The Morgan fingerprint density at radius 2 is 1.62 bits per heavy atom. The molecule has 1 aromatic carbocycles. The van der Waals surface area contributed by atoms with Crippen molar-refractivity contribution in [1.82, 2.24) is 0 Å². The first kappa shape index (κ1) is 21.2. The smallest absolute Gasteiger partial charge is 0.338 e. The van der Waals surface area contributed by atoms with Crippen LogP contribution in [0.5, 0.6) is 0 Å². The number of ether oxygens (including phenoxy) is 1. The number of esters is 1. The number of carbonyl (C=O) groups is 1. The largest absolute Gasteiger partial charge is 0.459 e. The van der Waals surface area contributed by atoms with E-state index in [1.807, 2.05) is 18.2 Å². The van der Waals surface area contributed by atoms with Gasteiger partial charge in [-0.05, 0) is 37.5 Å². The number of carbonyl (C=O) groups excluding carboxylic acids is 1. The second-order valence-corrected chi connectivity index (χ2v) is 7.48. The Morgan fingerprint density at radius 1 is 1.00 bits per heavy atom. The third-order valence-electron chi connectivity index (χ3n) is 4.42. The lowest BCUT2D eigenvalue weighted by atomic mass is 10.0. The van der Waals surface area contributed by atoms with Crippen molar-refractivity contribution < 1.29 is 9.53 Å². The first-order valence-corrected chi connectivity index (χ1v) is 10.4. The topological polar surface area (TPSA) is 26.3 Å². The van der Waals surface area contributed by atoms with E-state index in [-0.39, 0.29) is 12.1 Å². The Labute approximate surface area is 156 Å². The average molecular weight is 397 g/mol. The van der Waals surface area contributed by atoms with Gasteiger partial charge < -0.3 is 4.74 Å². The third kappa shape index (κ3) is 9.46. The predicted molar refractivity (Wildman–Crippen MR) is 105 cm³/mol. The molecule has 0 N–H and O–H groups in total. The van der Waals surface area contributed by atoms with Crippen LogP contribution in [0.3, 0.4) is 0 Å². The molecule has 0 heterocycles. The average Bonchev–Trinajstić information content (AvgIpc) is 2.59. The molecule has 0 aliphatic rings. The molecule has 0 fully saturated rings. The van der Waals surface area contributed by atoms with Gasteiger partial charge in [0.25, 0.3) is 0 Å². The summed E-state index contributed by atoms with van der Waals surface area (Å²) in [4.78, 5) is 12.2. The zero-order chi connectivity index (χ0) is 17.6. The normalized spacial score (nSPS) is 12.1. The molecule has 0 aliphatic carbocycles. The summed E-state index contributed by atoms with van der Waals surface area (Å²) in [5, 5.41) is 0. The molecule has 1 rings (SSSR count). The van der Waals surface area contributed by atoms with Crippen LogP contribution in [0.1, 0.15) is 94.8 Å². The molecule has 0 aliphatic heterocycles. The maximum absolute atomic E-state index is 12.2. The van der Waals surface area contributed by atoms with Gasteiger partial charge in [0.1, 0.15) is 6.10 Å². The van der Waals surface area contributed by atoms with Crippen LogP contribution >= 0.6 is 15.9 Å². The fourth-order valence-corrected chi connectivity index (χ4v) is 3.26. The van der Waals surface area contributed by atoms with E-state index >= 15 is 0 Å². The zero-order valence-electron chi connectivity index (χ0n) is 15.4. The highest BCUT2D eigenvalue weighted by atomic mass is 79.9. The number of rotatable bonds is 13. The molecule has 0 aromatic heterocycles. The molecule has 2 nitrogen and oxygen atoms in total. The Bertz CT molecular complexity index is 459. The van der Waals surface area contributed by atoms with Gasteiger partial charge in [0.05, 0.1) is 5.56 Å². The molecule has 24 heavy (non-hydrogen) atoms. The summed E-state index contributed by atoms with van der Waals surface area (Å²) < 4.78 is 6.56. The van der Waals surface area contributed by atoms with Crippen molar-refractivity contribution >= 4 is 21.9 Å². The van der Waals surface area contributed by atoms with E-state index in [0.717, 1.165) is 23.7 Å². The summed E-state index contributed by atoms with van der Waals surface area (Å²) in [7, 11) is 0. The van der Waals surface area contributed by atoms with Gasteiger partial charge in [-0.3, -0.25) is 0 Å². The fraction of sp³-hybridized carbons (Fsp3) is 0.667. The number of hydrogen-bond donors (Lipinski definition) is 0. The van der Waals surface area contributed by atoms with E-state index in [9.17, 15) is 4.79 Å². The van der Waals surface area contributed by atoms with Gasteiger partial charge in [0, 0.05) is 4.47 Å². The summed E-state index contributed by atoms with van der Waals surface area (Å²) in [5.74, 6) is -0.209. The van der Waals surface area contributed by atoms with Crippen LogP contribution in [-0.4, -0.2) is 12.1 Å². The van der Waals surface area contributed by atoms with E-state index in [1.165, 1.54) is 51.4 Å². The van der Waals surface area contributed by atoms with Crippen molar-refractivity contribution in [2.75, 3.05) is 0 Å². The highest BCUT2D eigenvalue weighted by molar-refractivity contribution is 9.10. The molecule has 0 saturated carbocycles. The van der Waals surface area contributed by atoms with Gasteiger partial charge in [-0.1, -0.05) is 87.2 Å². The van der Waals surface area contributed by atoms with E-state index in [2.05, 4.69) is 29.8 Å². The molecular formula is C21H33BrO2. The van der Waals surface area contributed by atoms with Crippen molar-refractivity contribution in [2.24, 2.45) is 0 Å². The van der Waals surface area contributed by atoms with Gasteiger partial charge in [0.15, 0.2) is 0 Å². The van der Waals surface area contributed by atoms with Gasteiger partial charge in [-0.25, -0.2) is 4.79 Å². The summed E-state index contributed by atoms with van der Waals surface area (Å²) in [6.07, 6.45) is 13.8. The number of halogens is 1. The number of hydrogen-bond acceptors (Lipinski definition) is 2. The highest BCUT2D eigenvalue weighted by Crippen LogP contribution is 2.17. The van der Waals surface area contributed by atoms with Crippen molar-refractivity contribution in [3.63, 3.8) is 0 Å². The van der Waals surface area contributed by atoms with Crippen LogP contribution in [-0.2, 0) is 4.74 Å². The lowest BCUT2D eigenvalue weighted by Crippen LogP contribution is -2.17. The van der Waals surface area contributed by atoms with Crippen molar-refractivity contribution in [3.05, 3.63) is 34.3 Å². The van der Waals surface area contributed by atoms with Crippen molar-refractivity contribution in [3.8, 4) is 0 Å². The van der Waals surface area contributed by atoms with Gasteiger partial charge >= 0.3 is 5.97 Å². The third-order valence-corrected chi connectivity index (χ3v) is 4.91. The molecule has 0 amide bonds. The van der Waals surface area contributed by atoms with Crippen LogP contribution in [0.4, 0.5) is 0 Å². The van der Waals surface area contributed by atoms with Gasteiger partial charge in [-0.15, -0.1) is 0 Å². The summed E-state index contributed by atoms with van der Waals surface area (Å²) in [6.45, 7) is 4.35. The standard InChI is InChI=1S/C21H33BrO2/c1-3-5-6-7-8-9-10-11-12-16-20(4-2)24-21(23)18-14-13-15-19(22)17-18/h13-15,17,20H,3-12,16H2,1-2H3. The summed E-state index contributed by atoms with van der Waals surface area (Å²) in [6, 6.07) is 7.39. The lowest BCUT2D eigenvalue weighted by molar-refractivity contribution is 0.0267. The minimum absolute atomic E-state index is 0.0426. The van der Waals surface area contributed by atoms with E-state index in [4.69, 9.17) is 4.74 Å². The first-order valence-electron chi connectivity index (χ1n) is 9.64. The van der Waals surface area contributed by atoms with Crippen molar-refractivity contribution in [2.45, 2.75) is 90.6 Å². The van der Waals surface area contributed by atoms with E-state index in [1.54, 1.807) is 6.07 Å². The second kappa shape index (κ2) is 13.5. The SMILES string of the molecule is CCCCCCCCCCCC(CC)OC(=O)c1cccc(Br)c1. The van der Waals surface area contributed by atoms with Gasteiger partial charge in [-0.2, -0.15) is 0 Å². The Morgan fingerprint density at radius 3 is 2.21 bits per heavy atom. The molecule has 1 aromatic rings. The van der Waals surface area contributed by atoms with Crippen LogP contribution in [0, 0.1) is 0 Å². The molecule has 1 atom stereocenters. The molecule has 3 heteroatoms. The Balaban J connectivity index is 2.15. The van der Waals surface area contributed by atoms with Crippen LogP contribution in [0.15, 0.2) is 28.7 Å². The minimum atomic E-state index is -0.209.